The molecule has 0 saturated heterocycles. The Kier molecular flexibility index (Phi) is 3.56. The molecule has 0 aromatic carbocycles. The van der Waals surface area contributed by atoms with E-state index in [1.165, 1.54) is 37.6 Å². The Morgan fingerprint density at radius 1 is 1.59 bits per heavy atom. The van der Waals surface area contributed by atoms with Crippen LogP contribution in [0.2, 0.25) is 0 Å². The van der Waals surface area contributed by atoms with E-state index in [1.54, 1.807) is 0 Å². The Morgan fingerprint density at radius 2 is 2.41 bits per heavy atom. The third-order valence-corrected chi connectivity index (χ3v) is 3.54. The van der Waals surface area contributed by atoms with Crippen LogP contribution in [-0.2, 0) is 0 Å². The highest BCUT2D eigenvalue weighted by atomic mass is 16.6. The van der Waals surface area contributed by atoms with E-state index >= 15 is 0 Å². The summed E-state index contributed by atoms with van der Waals surface area (Å²) in [5.74, 6) is 2.00. The molecule has 5 heteroatoms. The van der Waals surface area contributed by atoms with Gasteiger partial charge >= 0.3 is 0 Å². The number of rotatable bonds is 4. The molecular weight excluding hydrogens is 218 g/mol. The maximum atomic E-state index is 10.6. The fraction of sp³-hybridized carbons (Fsp3) is 0.583. The van der Waals surface area contributed by atoms with E-state index in [0.717, 1.165) is 12.5 Å². The minimum Gasteiger partial charge on any atom is -0.370 e. The van der Waals surface area contributed by atoms with Crippen LogP contribution < -0.4 is 5.32 Å². The van der Waals surface area contributed by atoms with Crippen LogP contribution in [0.4, 0.5) is 11.5 Å². The average molecular weight is 235 g/mol. The third kappa shape index (κ3) is 2.93. The van der Waals surface area contributed by atoms with Crippen molar-refractivity contribution < 1.29 is 4.92 Å². The van der Waals surface area contributed by atoms with Gasteiger partial charge in [0.15, 0.2) is 0 Å². The van der Waals surface area contributed by atoms with E-state index in [9.17, 15) is 10.1 Å². The molecule has 1 N–H and O–H groups in total. The first-order chi connectivity index (χ1) is 8.16. The van der Waals surface area contributed by atoms with Gasteiger partial charge in [0.25, 0.3) is 5.69 Å². The molecule has 0 spiro atoms. The number of hydrogen-bond donors (Lipinski definition) is 1. The van der Waals surface area contributed by atoms with Crippen molar-refractivity contribution in [1.82, 2.24) is 4.98 Å². The SMILES string of the molecule is CC1CCCC1CNc1cc([N+](=O)[O-])ccn1. The molecule has 92 valence electrons. The summed E-state index contributed by atoms with van der Waals surface area (Å²) >= 11 is 0. The minimum absolute atomic E-state index is 0.0852. The summed E-state index contributed by atoms with van der Waals surface area (Å²) in [7, 11) is 0. The molecule has 1 aromatic rings. The van der Waals surface area contributed by atoms with E-state index in [0.29, 0.717) is 11.7 Å². The Bertz CT molecular complexity index is 408. The van der Waals surface area contributed by atoms with Crippen LogP contribution in [-0.4, -0.2) is 16.5 Å². The molecule has 1 fully saturated rings. The zero-order valence-electron chi connectivity index (χ0n) is 9.93. The van der Waals surface area contributed by atoms with E-state index in [4.69, 9.17) is 0 Å². The highest BCUT2D eigenvalue weighted by Gasteiger charge is 2.23. The van der Waals surface area contributed by atoms with Crippen LogP contribution in [0.25, 0.3) is 0 Å². The quantitative estimate of drug-likeness (QED) is 0.643. The fourth-order valence-corrected chi connectivity index (χ4v) is 2.39. The number of pyridine rings is 1. The van der Waals surface area contributed by atoms with Crippen LogP contribution in [0, 0.1) is 22.0 Å². The van der Waals surface area contributed by atoms with Gasteiger partial charge in [0.1, 0.15) is 5.82 Å². The largest absolute Gasteiger partial charge is 0.370 e. The second kappa shape index (κ2) is 5.12. The van der Waals surface area contributed by atoms with Crippen molar-refractivity contribution in [3.8, 4) is 0 Å². The maximum absolute atomic E-state index is 10.6. The molecule has 1 aliphatic carbocycles. The van der Waals surface area contributed by atoms with Crippen LogP contribution in [0.3, 0.4) is 0 Å². The highest BCUT2D eigenvalue weighted by Crippen LogP contribution is 2.31. The molecule has 2 rings (SSSR count). The lowest BCUT2D eigenvalue weighted by Gasteiger charge is -2.15. The van der Waals surface area contributed by atoms with Crippen molar-refractivity contribution in [2.75, 3.05) is 11.9 Å². The molecule has 2 unspecified atom stereocenters. The van der Waals surface area contributed by atoms with Crippen molar-refractivity contribution in [3.05, 3.63) is 28.4 Å². The summed E-state index contributed by atoms with van der Waals surface area (Å²) in [6.07, 6.45) is 5.28. The first kappa shape index (κ1) is 11.8. The van der Waals surface area contributed by atoms with E-state index in [2.05, 4.69) is 17.2 Å². The lowest BCUT2D eigenvalue weighted by Crippen LogP contribution is -2.17. The molecule has 0 amide bonds. The predicted octanol–water partition coefficient (Wildman–Crippen LogP) is 2.84. The van der Waals surface area contributed by atoms with Crippen LogP contribution >= 0.6 is 0 Å². The summed E-state index contributed by atoms with van der Waals surface area (Å²) in [6.45, 7) is 3.12. The topological polar surface area (TPSA) is 68.1 Å². The smallest absolute Gasteiger partial charge is 0.274 e. The van der Waals surface area contributed by atoms with Crippen molar-refractivity contribution in [3.63, 3.8) is 0 Å². The molecule has 2 atom stereocenters. The van der Waals surface area contributed by atoms with Gasteiger partial charge in [-0.2, -0.15) is 0 Å². The molecule has 5 nitrogen and oxygen atoms in total. The fourth-order valence-electron chi connectivity index (χ4n) is 2.39. The van der Waals surface area contributed by atoms with Crippen molar-refractivity contribution >= 4 is 11.5 Å². The first-order valence-corrected chi connectivity index (χ1v) is 6.01. The van der Waals surface area contributed by atoms with Gasteiger partial charge in [-0.05, 0) is 18.3 Å². The van der Waals surface area contributed by atoms with Gasteiger partial charge in [0.05, 0.1) is 11.0 Å². The molecular formula is C12H17N3O2. The Labute approximate surface area is 100 Å². The summed E-state index contributed by atoms with van der Waals surface area (Å²) < 4.78 is 0. The Balaban J connectivity index is 1.94. The van der Waals surface area contributed by atoms with Crippen LogP contribution in [0.5, 0.6) is 0 Å². The second-order valence-corrected chi connectivity index (χ2v) is 4.71. The lowest BCUT2D eigenvalue weighted by atomic mass is 9.98. The van der Waals surface area contributed by atoms with E-state index in [-0.39, 0.29) is 5.69 Å². The Hall–Kier alpha value is -1.65. The lowest BCUT2D eigenvalue weighted by molar-refractivity contribution is -0.384. The summed E-state index contributed by atoms with van der Waals surface area (Å²) in [4.78, 5) is 14.3. The average Bonchev–Trinajstić information content (AvgIpc) is 2.72. The number of hydrogen-bond acceptors (Lipinski definition) is 4. The zero-order valence-corrected chi connectivity index (χ0v) is 9.93. The van der Waals surface area contributed by atoms with Crippen molar-refractivity contribution in [2.24, 2.45) is 11.8 Å². The molecule has 0 bridgehead atoms. The van der Waals surface area contributed by atoms with Gasteiger partial charge < -0.3 is 5.32 Å². The number of nitrogens with one attached hydrogen (secondary N) is 1. The van der Waals surface area contributed by atoms with Gasteiger partial charge in [0.2, 0.25) is 0 Å². The Morgan fingerprint density at radius 3 is 3.06 bits per heavy atom. The molecule has 1 heterocycles. The molecule has 17 heavy (non-hydrogen) atoms. The van der Waals surface area contributed by atoms with Gasteiger partial charge in [-0.1, -0.05) is 19.8 Å². The van der Waals surface area contributed by atoms with Gasteiger partial charge in [-0.25, -0.2) is 4.98 Å². The predicted molar refractivity (Wildman–Crippen MR) is 65.9 cm³/mol. The number of aromatic nitrogens is 1. The number of nitro groups is 1. The molecule has 0 aliphatic heterocycles. The monoisotopic (exact) mass is 235 g/mol. The molecule has 0 radical (unpaired) electrons. The summed E-state index contributed by atoms with van der Waals surface area (Å²) in [6, 6.07) is 2.89. The normalized spacial score (nSPS) is 23.6. The summed E-state index contributed by atoms with van der Waals surface area (Å²) in [5, 5.41) is 13.8. The van der Waals surface area contributed by atoms with Gasteiger partial charge in [0, 0.05) is 18.8 Å². The van der Waals surface area contributed by atoms with Crippen LogP contribution in [0.15, 0.2) is 18.3 Å². The zero-order chi connectivity index (χ0) is 12.3. The highest BCUT2D eigenvalue weighted by molar-refractivity contribution is 5.44. The molecule has 1 aliphatic rings. The second-order valence-electron chi connectivity index (χ2n) is 4.71. The van der Waals surface area contributed by atoms with E-state index < -0.39 is 4.92 Å². The molecule has 1 saturated carbocycles. The van der Waals surface area contributed by atoms with Gasteiger partial charge in [-0.15, -0.1) is 0 Å². The summed E-state index contributed by atoms with van der Waals surface area (Å²) in [5.41, 5.74) is 0.0852. The first-order valence-electron chi connectivity index (χ1n) is 6.01. The van der Waals surface area contributed by atoms with Gasteiger partial charge in [-0.3, -0.25) is 10.1 Å². The number of nitrogens with zero attached hydrogens (tertiary/aromatic N) is 2. The number of anilines is 1. The maximum Gasteiger partial charge on any atom is 0.274 e. The third-order valence-electron chi connectivity index (χ3n) is 3.54. The van der Waals surface area contributed by atoms with Crippen molar-refractivity contribution in [2.45, 2.75) is 26.2 Å². The molecule has 1 aromatic heterocycles. The van der Waals surface area contributed by atoms with Crippen molar-refractivity contribution in [1.29, 1.82) is 0 Å². The standard InChI is InChI=1S/C12H17N3O2/c1-9-3-2-4-10(9)8-14-12-7-11(15(16)17)5-6-13-12/h5-7,9-10H,2-4,8H2,1H3,(H,13,14). The van der Waals surface area contributed by atoms with Crippen LogP contribution in [0.1, 0.15) is 26.2 Å². The minimum atomic E-state index is -0.398. The van der Waals surface area contributed by atoms with E-state index in [1.807, 2.05) is 0 Å².